The van der Waals surface area contributed by atoms with Crippen molar-refractivity contribution in [3.63, 3.8) is 0 Å². The summed E-state index contributed by atoms with van der Waals surface area (Å²) < 4.78 is 10.3. The molecule has 0 unspecified atom stereocenters. The summed E-state index contributed by atoms with van der Waals surface area (Å²) in [5.41, 5.74) is 0.490. The average Bonchev–Trinajstić information content (AvgIpc) is 2.95. The lowest BCUT2D eigenvalue weighted by atomic mass is 10.0. The van der Waals surface area contributed by atoms with Gasteiger partial charge in [-0.1, -0.05) is 42.5 Å². The molecule has 156 valence electrons. The van der Waals surface area contributed by atoms with E-state index >= 15 is 0 Å². The average molecular weight is 409 g/mol. The number of fused-ring (bicyclic) bond motifs is 1. The Morgan fingerprint density at radius 2 is 1.43 bits per heavy atom. The maximum absolute atomic E-state index is 12.9. The number of rotatable bonds is 6. The maximum atomic E-state index is 12.9. The number of benzene rings is 2. The molecular weight excluding hydrogens is 386 g/mol. The van der Waals surface area contributed by atoms with E-state index in [4.69, 9.17) is 9.47 Å². The lowest BCUT2D eigenvalue weighted by Gasteiger charge is -2.25. The van der Waals surface area contributed by atoms with Crippen molar-refractivity contribution in [1.29, 1.82) is 0 Å². The largest absolute Gasteiger partial charge is 0.457 e. The summed E-state index contributed by atoms with van der Waals surface area (Å²) in [6, 6.07) is 14.2. The molecule has 0 spiro atoms. The van der Waals surface area contributed by atoms with Crippen LogP contribution in [0.2, 0.25) is 0 Å². The molecule has 1 heterocycles. The normalized spacial score (nSPS) is 14.3. The molecule has 2 aromatic carbocycles. The first kappa shape index (κ1) is 21.2. The molecule has 30 heavy (non-hydrogen) atoms. The van der Waals surface area contributed by atoms with Crippen LogP contribution >= 0.6 is 0 Å². The van der Waals surface area contributed by atoms with Crippen molar-refractivity contribution in [2.75, 3.05) is 6.61 Å². The number of hydrogen-bond acceptors (Lipinski definition) is 6. The van der Waals surface area contributed by atoms with Crippen LogP contribution in [-0.2, 0) is 25.5 Å². The fraction of sp³-hybridized carbons (Fsp3) is 0.304. The lowest BCUT2D eigenvalue weighted by Crippen LogP contribution is -2.47. The number of nitrogens with zero attached hydrogens (tertiary/aromatic N) is 1. The second kappa shape index (κ2) is 8.49. The van der Waals surface area contributed by atoms with Gasteiger partial charge < -0.3 is 9.47 Å². The Balaban J connectivity index is 1.83. The van der Waals surface area contributed by atoms with Gasteiger partial charge >= 0.3 is 11.9 Å². The number of carbonyl (C=O) groups excluding carboxylic acids is 4. The van der Waals surface area contributed by atoms with Crippen LogP contribution in [-0.4, -0.2) is 46.9 Å². The first-order valence-corrected chi connectivity index (χ1v) is 9.57. The summed E-state index contributed by atoms with van der Waals surface area (Å²) >= 11 is 0. The van der Waals surface area contributed by atoms with Gasteiger partial charge in [-0.25, -0.2) is 9.59 Å². The first-order valence-electron chi connectivity index (χ1n) is 9.57. The van der Waals surface area contributed by atoms with Gasteiger partial charge in [0.1, 0.15) is 11.6 Å². The van der Waals surface area contributed by atoms with E-state index in [0.717, 1.165) is 10.5 Å². The monoisotopic (exact) mass is 409 g/mol. The number of carbonyl (C=O) groups is 4. The number of amides is 2. The van der Waals surface area contributed by atoms with Crippen molar-refractivity contribution in [2.45, 2.75) is 38.8 Å². The molecule has 0 aliphatic carbocycles. The van der Waals surface area contributed by atoms with Gasteiger partial charge in [0.15, 0.2) is 6.61 Å². The van der Waals surface area contributed by atoms with Crippen LogP contribution in [0.5, 0.6) is 0 Å². The van der Waals surface area contributed by atoms with Crippen molar-refractivity contribution < 1.29 is 28.7 Å². The second-order valence-electron chi connectivity index (χ2n) is 7.93. The molecule has 1 aliphatic heterocycles. The highest BCUT2D eigenvalue weighted by Gasteiger charge is 2.43. The molecule has 0 saturated carbocycles. The molecule has 1 atom stereocenters. The van der Waals surface area contributed by atoms with Crippen molar-refractivity contribution >= 4 is 23.8 Å². The highest BCUT2D eigenvalue weighted by atomic mass is 16.6. The fourth-order valence-corrected chi connectivity index (χ4v) is 3.21. The molecule has 2 amide bonds. The van der Waals surface area contributed by atoms with Gasteiger partial charge in [-0.05, 0) is 38.5 Å². The minimum atomic E-state index is -1.21. The van der Waals surface area contributed by atoms with Crippen molar-refractivity contribution in [2.24, 2.45) is 0 Å². The maximum Gasteiger partial charge on any atom is 0.344 e. The summed E-state index contributed by atoms with van der Waals surface area (Å²) in [6.07, 6.45) is 0.0689. The van der Waals surface area contributed by atoms with Gasteiger partial charge in [0.2, 0.25) is 0 Å². The number of ether oxygens (including phenoxy) is 2. The van der Waals surface area contributed by atoms with Crippen LogP contribution in [0, 0.1) is 0 Å². The molecule has 2 aromatic rings. The molecule has 7 nitrogen and oxygen atoms in total. The van der Waals surface area contributed by atoms with E-state index in [2.05, 4.69) is 0 Å². The minimum Gasteiger partial charge on any atom is -0.457 e. The minimum absolute atomic E-state index is 0.0689. The van der Waals surface area contributed by atoms with E-state index in [1.165, 1.54) is 0 Å². The molecule has 3 rings (SSSR count). The summed E-state index contributed by atoms with van der Waals surface area (Å²) in [4.78, 5) is 51.5. The van der Waals surface area contributed by atoms with Crippen LogP contribution in [0.3, 0.4) is 0 Å². The predicted molar refractivity (Wildman–Crippen MR) is 108 cm³/mol. The van der Waals surface area contributed by atoms with Crippen LogP contribution < -0.4 is 0 Å². The number of esters is 2. The summed E-state index contributed by atoms with van der Waals surface area (Å²) in [5, 5.41) is 0. The van der Waals surface area contributed by atoms with E-state index in [-0.39, 0.29) is 17.5 Å². The molecule has 1 aliphatic rings. The third kappa shape index (κ3) is 4.74. The molecule has 0 saturated heterocycles. The molecule has 0 aromatic heterocycles. The Kier molecular flexibility index (Phi) is 6.01. The van der Waals surface area contributed by atoms with E-state index in [9.17, 15) is 19.2 Å². The Labute approximate surface area is 174 Å². The zero-order valence-corrected chi connectivity index (χ0v) is 17.1. The summed E-state index contributed by atoms with van der Waals surface area (Å²) in [5.74, 6) is -2.69. The van der Waals surface area contributed by atoms with Crippen molar-refractivity contribution in [3.8, 4) is 0 Å². The van der Waals surface area contributed by atoms with E-state index in [1.807, 2.05) is 6.07 Å². The quantitative estimate of drug-likeness (QED) is 0.538. The van der Waals surface area contributed by atoms with Gasteiger partial charge in [-0.15, -0.1) is 0 Å². The molecule has 0 radical (unpaired) electrons. The van der Waals surface area contributed by atoms with Crippen LogP contribution in [0.25, 0.3) is 0 Å². The van der Waals surface area contributed by atoms with Crippen molar-refractivity contribution in [1.82, 2.24) is 4.90 Å². The highest BCUT2D eigenvalue weighted by Crippen LogP contribution is 2.26. The third-order valence-electron chi connectivity index (χ3n) is 4.43. The number of imide groups is 1. The zero-order chi connectivity index (χ0) is 21.9. The summed E-state index contributed by atoms with van der Waals surface area (Å²) in [6.45, 7) is 4.49. The predicted octanol–water partition coefficient (Wildman–Crippen LogP) is 2.78. The SMILES string of the molecule is CC(C)(C)OC(=O)COC(=O)[C@H](Cc1ccccc1)N1C(=O)c2ccccc2C1=O. The Bertz CT molecular complexity index is 942. The van der Waals surface area contributed by atoms with Gasteiger partial charge in [0.05, 0.1) is 11.1 Å². The number of hydrogen-bond donors (Lipinski definition) is 0. The highest BCUT2D eigenvalue weighted by molar-refractivity contribution is 6.22. The van der Waals surface area contributed by atoms with E-state index in [0.29, 0.717) is 0 Å². The smallest absolute Gasteiger partial charge is 0.344 e. The van der Waals surface area contributed by atoms with Crippen molar-refractivity contribution in [3.05, 3.63) is 71.3 Å². The standard InChI is InChI=1S/C23H23NO6/c1-23(2,3)30-19(25)14-29-22(28)18(13-15-9-5-4-6-10-15)24-20(26)16-11-7-8-12-17(16)21(24)27/h4-12,18H,13-14H2,1-3H3/t18-/m0/s1. The lowest BCUT2D eigenvalue weighted by molar-refractivity contribution is -0.168. The zero-order valence-electron chi connectivity index (χ0n) is 17.1. The molecular formula is C23H23NO6. The first-order chi connectivity index (χ1) is 14.2. The third-order valence-corrected chi connectivity index (χ3v) is 4.43. The fourth-order valence-electron chi connectivity index (χ4n) is 3.21. The molecule has 7 heteroatoms. The molecule has 0 bridgehead atoms. The molecule has 0 N–H and O–H groups in total. The van der Waals surface area contributed by atoms with E-state index < -0.39 is 42.0 Å². The topological polar surface area (TPSA) is 90.0 Å². The molecule has 0 fully saturated rings. The van der Waals surface area contributed by atoms with Gasteiger partial charge in [0.25, 0.3) is 11.8 Å². The second-order valence-corrected chi connectivity index (χ2v) is 7.93. The van der Waals surface area contributed by atoms with E-state index in [1.54, 1.807) is 69.3 Å². The van der Waals surface area contributed by atoms with Gasteiger partial charge in [-0.3, -0.25) is 14.5 Å². The van der Waals surface area contributed by atoms with Gasteiger partial charge in [-0.2, -0.15) is 0 Å². The van der Waals surface area contributed by atoms with Crippen LogP contribution in [0.1, 0.15) is 47.1 Å². The Morgan fingerprint density at radius 1 is 0.900 bits per heavy atom. The summed E-state index contributed by atoms with van der Waals surface area (Å²) in [7, 11) is 0. The van der Waals surface area contributed by atoms with Gasteiger partial charge in [0, 0.05) is 6.42 Å². The van der Waals surface area contributed by atoms with Crippen LogP contribution in [0.4, 0.5) is 0 Å². The van der Waals surface area contributed by atoms with Crippen LogP contribution in [0.15, 0.2) is 54.6 Å². The Hall–Kier alpha value is -3.48. The Morgan fingerprint density at radius 3 is 1.97 bits per heavy atom.